The molecule has 1 aliphatic rings. The van der Waals surface area contributed by atoms with Gasteiger partial charge in [-0.25, -0.2) is 0 Å². The number of aryl methyl sites for hydroxylation is 2. The van der Waals surface area contributed by atoms with E-state index < -0.39 is 0 Å². The minimum Gasteiger partial charge on any atom is -0.398 e. The van der Waals surface area contributed by atoms with Crippen LogP contribution in [0, 0.1) is 11.3 Å². The lowest BCUT2D eigenvalue weighted by molar-refractivity contribution is 0.686. The third-order valence-electron chi connectivity index (χ3n) is 2.63. The Kier molecular flexibility index (Phi) is 1.94. The Bertz CT molecular complexity index is 374. The van der Waals surface area contributed by atoms with E-state index in [1.54, 1.807) is 0 Å². The average Bonchev–Trinajstić information content (AvgIpc) is 2.17. The van der Waals surface area contributed by atoms with E-state index in [1.165, 1.54) is 24.0 Å². The summed E-state index contributed by atoms with van der Waals surface area (Å²) in [6.07, 6.45) is 4.70. The molecule has 0 saturated heterocycles. The Morgan fingerprint density at radius 3 is 2.38 bits per heavy atom. The Morgan fingerprint density at radius 1 is 1.15 bits per heavy atom. The summed E-state index contributed by atoms with van der Waals surface area (Å²) in [6, 6.07) is 6.03. The molecule has 1 aromatic rings. The van der Waals surface area contributed by atoms with Crippen molar-refractivity contribution >= 4 is 5.69 Å². The number of hydrogen-bond donors (Lipinski definition) is 1. The zero-order valence-corrected chi connectivity index (χ0v) is 7.51. The largest absolute Gasteiger partial charge is 0.398 e. The fourth-order valence-electron chi connectivity index (χ4n) is 1.90. The van der Waals surface area contributed by atoms with Gasteiger partial charge in [0.1, 0.15) is 6.07 Å². The first-order valence-corrected chi connectivity index (χ1v) is 4.62. The fourth-order valence-corrected chi connectivity index (χ4v) is 1.90. The standard InChI is InChI=1S/C11H12N2/c12-7-10-5-8-3-1-2-4-9(8)6-11(10)13/h5-6H,1-4,13H2. The van der Waals surface area contributed by atoms with E-state index >= 15 is 0 Å². The summed E-state index contributed by atoms with van der Waals surface area (Å²) in [5.74, 6) is 0. The maximum atomic E-state index is 8.79. The highest BCUT2D eigenvalue weighted by atomic mass is 14.6. The molecule has 2 rings (SSSR count). The highest BCUT2D eigenvalue weighted by Gasteiger charge is 2.11. The highest BCUT2D eigenvalue weighted by molar-refractivity contribution is 5.58. The summed E-state index contributed by atoms with van der Waals surface area (Å²) in [7, 11) is 0. The van der Waals surface area contributed by atoms with Crippen LogP contribution in [0.1, 0.15) is 29.5 Å². The normalized spacial score (nSPS) is 14.7. The molecule has 0 unspecified atom stereocenters. The lowest BCUT2D eigenvalue weighted by Crippen LogP contribution is -2.04. The van der Waals surface area contributed by atoms with Crippen LogP contribution >= 0.6 is 0 Å². The second kappa shape index (κ2) is 3.10. The second-order valence-electron chi connectivity index (χ2n) is 3.53. The van der Waals surface area contributed by atoms with E-state index in [1.807, 2.05) is 12.1 Å². The number of nitrogens with two attached hydrogens (primary N) is 1. The molecule has 2 heteroatoms. The number of benzene rings is 1. The quantitative estimate of drug-likeness (QED) is 0.608. The highest BCUT2D eigenvalue weighted by Crippen LogP contribution is 2.25. The van der Waals surface area contributed by atoms with Gasteiger partial charge >= 0.3 is 0 Å². The zero-order chi connectivity index (χ0) is 9.26. The Hall–Kier alpha value is -1.49. The van der Waals surface area contributed by atoms with Gasteiger partial charge in [-0.2, -0.15) is 5.26 Å². The number of nitriles is 1. The van der Waals surface area contributed by atoms with E-state index in [9.17, 15) is 0 Å². The molecule has 2 nitrogen and oxygen atoms in total. The van der Waals surface area contributed by atoms with Gasteiger partial charge in [-0.05, 0) is 48.9 Å². The number of anilines is 1. The molecule has 0 saturated carbocycles. The van der Waals surface area contributed by atoms with Crippen molar-refractivity contribution in [3.8, 4) is 6.07 Å². The number of hydrogen-bond acceptors (Lipinski definition) is 2. The third kappa shape index (κ3) is 1.38. The molecule has 0 aromatic heterocycles. The van der Waals surface area contributed by atoms with Gasteiger partial charge in [0.2, 0.25) is 0 Å². The molecule has 0 amide bonds. The summed E-state index contributed by atoms with van der Waals surface area (Å²) in [5.41, 5.74) is 9.64. The summed E-state index contributed by atoms with van der Waals surface area (Å²) >= 11 is 0. The van der Waals surface area contributed by atoms with Crippen molar-refractivity contribution in [3.05, 3.63) is 28.8 Å². The summed E-state index contributed by atoms with van der Waals surface area (Å²) in [4.78, 5) is 0. The molecule has 0 radical (unpaired) electrons. The van der Waals surface area contributed by atoms with Gasteiger partial charge in [0.05, 0.1) is 5.56 Å². The average molecular weight is 172 g/mol. The number of fused-ring (bicyclic) bond motifs is 1. The first-order chi connectivity index (χ1) is 6.31. The van der Waals surface area contributed by atoms with Crippen LogP contribution in [-0.2, 0) is 12.8 Å². The van der Waals surface area contributed by atoms with Crippen LogP contribution in [-0.4, -0.2) is 0 Å². The van der Waals surface area contributed by atoms with Gasteiger partial charge in [-0.3, -0.25) is 0 Å². The smallest absolute Gasteiger partial charge is 0.101 e. The molecule has 66 valence electrons. The van der Waals surface area contributed by atoms with Crippen molar-refractivity contribution in [3.63, 3.8) is 0 Å². The molecule has 0 spiro atoms. The molecule has 0 heterocycles. The SMILES string of the molecule is N#Cc1cc2c(cc1N)CCCC2. The van der Waals surface area contributed by atoms with Crippen LogP contribution in [0.2, 0.25) is 0 Å². The van der Waals surface area contributed by atoms with Crippen molar-refractivity contribution in [1.29, 1.82) is 5.26 Å². The van der Waals surface area contributed by atoms with Gasteiger partial charge in [0, 0.05) is 5.69 Å². The molecular formula is C11H12N2. The molecule has 1 aliphatic carbocycles. The van der Waals surface area contributed by atoms with Crippen molar-refractivity contribution in [2.45, 2.75) is 25.7 Å². The van der Waals surface area contributed by atoms with Crippen LogP contribution in [0.4, 0.5) is 5.69 Å². The second-order valence-corrected chi connectivity index (χ2v) is 3.53. The fraction of sp³-hybridized carbons (Fsp3) is 0.364. The topological polar surface area (TPSA) is 49.8 Å². The predicted octanol–water partition coefficient (Wildman–Crippen LogP) is 2.02. The molecule has 0 aliphatic heterocycles. The van der Waals surface area contributed by atoms with Crippen LogP contribution < -0.4 is 5.73 Å². The first kappa shape index (κ1) is 8.12. The van der Waals surface area contributed by atoms with Gasteiger partial charge < -0.3 is 5.73 Å². The van der Waals surface area contributed by atoms with Gasteiger partial charge in [0.25, 0.3) is 0 Å². The predicted molar refractivity (Wildman–Crippen MR) is 52.2 cm³/mol. The van der Waals surface area contributed by atoms with E-state index in [4.69, 9.17) is 11.0 Å². The van der Waals surface area contributed by atoms with E-state index in [2.05, 4.69) is 6.07 Å². The maximum absolute atomic E-state index is 8.79. The van der Waals surface area contributed by atoms with E-state index in [0.29, 0.717) is 11.3 Å². The summed E-state index contributed by atoms with van der Waals surface area (Å²) in [6.45, 7) is 0. The van der Waals surface area contributed by atoms with Crippen molar-refractivity contribution in [2.24, 2.45) is 0 Å². The number of nitrogens with zero attached hydrogens (tertiary/aromatic N) is 1. The number of rotatable bonds is 0. The Morgan fingerprint density at radius 2 is 1.77 bits per heavy atom. The Labute approximate surface area is 78.0 Å². The van der Waals surface area contributed by atoms with Crippen LogP contribution in [0.25, 0.3) is 0 Å². The molecular weight excluding hydrogens is 160 g/mol. The first-order valence-electron chi connectivity index (χ1n) is 4.62. The van der Waals surface area contributed by atoms with E-state index in [0.717, 1.165) is 12.8 Å². The molecule has 0 atom stereocenters. The zero-order valence-electron chi connectivity index (χ0n) is 7.51. The lowest BCUT2D eigenvalue weighted by atomic mass is 9.90. The summed E-state index contributed by atoms with van der Waals surface area (Å²) in [5, 5.41) is 8.79. The monoisotopic (exact) mass is 172 g/mol. The summed E-state index contributed by atoms with van der Waals surface area (Å²) < 4.78 is 0. The molecule has 0 bridgehead atoms. The molecule has 13 heavy (non-hydrogen) atoms. The van der Waals surface area contributed by atoms with Crippen LogP contribution in [0.15, 0.2) is 12.1 Å². The maximum Gasteiger partial charge on any atom is 0.101 e. The third-order valence-corrected chi connectivity index (χ3v) is 2.63. The van der Waals surface area contributed by atoms with Crippen molar-refractivity contribution in [2.75, 3.05) is 5.73 Å². The van der Waals surface area contributed by atoms with Gasteiger partial charge in [-0.1, -0.05) is 0 Å². The van der Waals surface area contributed by atoms with E-state index in [-0.39, 0.29) is 0 Å². The van der Waals surface area contributed by atoms with Crippen LogP contribution in [0.5, 0.6) is 0 Å². The van der Waals surface area contributed by atoms with Crippen molar-refractivity contribution in [1.82, 2.24) is 0 Å². The minimum absolute atomic E-state index is 0.626. The number of nitrogen functional groups attached to an aromatic ring is 1. The van der Waals surface area contributed by atoms with Gasteiger partial charge in [-0.15, -0.1) is 0 Å². The minimum atomic E-state index is 0.626. The van der Waals surface area contributed by atoms with Gasteiger partial charge in [0.15, 0.2) is 0 Å². The van der Waals surface area contributed by atoms with Crippen molar-refractivity contribution < 1.29 is 0 Å². The Balaban J connectivity index is 2.52. The van der Waals surface area contributed by atoms with Crippen LogP contribution in [0.3, 0.4) is 0 Å². The molecule has 0 fully saturated rings. The lowest BCUT2D eigenvalue weighted by Gasteiger charge is -2.16. The molecule has 1 aromatic carbocycles. The molecule has 2 N–H and O–H groups in total.